The van der Waals surface area contributed by atoms with Crippen LogP contribution >= 0.6 is 0 Å². The number of ether oxygens (including phenoxy) is 2. The van der Waals surface area contributed by atoms with E-state index < -0.39 is 62.3 Å². The highest BCUT2D eigenvalue weighted by Crippen LogP contribution is 2.84. The third-order valence-corrected chi connectivity index (χ3v) is 29.2. The zero-order valence-electron chi connectivity index (χ0n) is 55.2. The number of aromatic nitrogens is 3. The van der Waals surface area contributed by atoms with Crippen LogP contribution in [0.3, 0.4) is 0 Å². The summed E-state index contributed by atoms with van der Waals surface area (Å²) < 4.78 is 14.6. The summed E-state index contributed by atoms with van der Waals surface area (Å²) in [5.74, 6) is 0.202. The molecule has 2 spiro atoms. The van der Waals surface area contributed by atoms with Gasteiger partial charge in [0, 0.05) is 103 Å². The van der Waals surface area contributed by atoms with Gasteiger partial charge in [-0.3, -0.25) is 14.4 Å². The van der Waals surface area contributed by atoms with Gasteiger partial charge in [0.15, 0.2) is 5.78 Å². The van der Waals surface area contributed by atoms with Crippen LogP contribution in [0.5, 0.6) is 0 Å². The van der Waals surface area contributed by atoms with Crippen molar-refractivity contribution in [2.45, 2.75) is 269 Å². The molecular formula is C77H104N4O8. The van der Waals surface area contributed by atoms with Crippen LogP contribution in [-0.2, 0) is 48.8 Å². The molecule has 3 aromatic heterocycles. The van der Waals surface area contributed by atoms with Crippen molar-refractivity contribution >= 4 is 28.4 Å². The number of aryl methyl sites for hydroxylation is 1. The highest BCUT2D eigenvalue weighted by molar-refractivity contribution is 6.02. The Hall–Kier alpha value is -4.17. The van der Waals surface area contributed by atoms with Gasteiger partial charge in [0.05, 0.1) is 46.3 Å². The van der Waals surface area contributed by atoms with Crippen molar-refractivity contribution in [3.63, 3.8) is 0 Å². The molecule has 0 unspecified atom stereocenters. The molecule has 0 radical (unpaired) electrons. The zero-order chi connectivity index (χ0) is 61.9. The number of benzene rings is 1. The predicted molar refractivity (Wildman–Crippen MR) is 345 cm³/mol. The van der Waals surface area contributed by atoms with E-state index in [2.05, 4.69) is 105 Å². The lowest BCUT2D eigenvalue weighted by Crippen LogP contribution is -2.75. The van der Waals surface area contributed by atoms with Crippen LogP contribution in [0.4, 0.5) is 0 Å². The van der Waals surface area contributed by atoms with E-state index in [1.165, 1.54) is 36.1 Å². The SMILES string of the molecule is CN[C@@H]1CCC[C@@]2(C1)C(=O)[C@@H]1c3cc[nH]c3[C@@H]3CC[C@]1(C3)[C@@]1(C)[C@H]3[C@H](O)[C@@H]4Cn5cc([C@H]6C(=O)[C@H](CCC(C)C)Cc7c6cc(C6CCCCC6)cc7C6(O)CCOCC6)c6[nH]cc(c65)CC[C@@](C)(C[C@@H](O)[C@H]5OC5(C)C)C5=C4[C@](C)(CC5=O)[C@@]3(C)CC[C@@H]21. The first-order valence-electron chi connectivity index (χ1n) is 35.9. The standard InChI is InChI=1S/C77H104N4O8/c1-42(2)17-18-44-32-50-51(33-47(43-14-11-10-12-15-43)34-54(50)77(87)27-30-88-31-28-77)58(65(44)84)52-40-81-41-53-59-61(71(5,37-56(83)69-70(3,4)89-69)24-19-46-39-80-63(52)64(46)81)55(82)38-73(59,7)72(6)25-21-57-74(8,67(72)66(53)85)76-26-20-45(35-76)62-49(22-29-79-62)60(76)68(86)75(57)23-13-16-48(36-75)78-9/h22,29,33-34,39-40,42-45,48,53,56-58,60,66-67,69,78-80,83,85,87H,10-21,23-28,30-32,35-38,41H2,1-9H3/t44-,45-,48-,53-,56-,57-,58+,60+,66-,67+,69-,71+,72+,73+,74-,75+,76-/m1/s1. The fraction of sp³-hybridized carbons (Fsp3) is 0.727. The maximum Gasteiger partial charge on any atom is 0.160 e. The minimum atomic E-state index is -1.06. The van der Waals surface area contributed by atoms with E-state index >= 15 is 14.4 Å². The summed E-state index contributed by atoms with van der Waals surface area (Å²) in [6.45, 7) is 19.8. The topological polar surface area (TPSA) is 182 Å². The summed E-state index contributed by atoms with van der Waals surface area (Å²) in [4.78, 5) is 56.6. The fourth-order valence-corrected chi connectivity index (χ4v) is 24.9. The number of nitrogens with one attached hydrogen (secondary N) is 3. The molecule has 6 saturated carbocycles. The molecular weight excluding hydrogens is 1110 g/mol. The number of ketones is 3. The van der Waals surface area contributed by atoms with E-state index in [0.29, 0.717) is 88.2 Å². The fourth-order valence-electron chi connectivity index (χ4n) is 24.9. The molecule has 9 aliphatic carbocycles. The molecule has 2 saturated heterocycles. The van der Waals surface area contributed by atoms with Gasteiger partial charge >= 0.3 is 0 Å². The van der Waals surface area contributed by atoms with Crippen molar-refractivity contribution in [1.29, 1.82) is 0 Å². The van der Waals surface area contributed by atoms with E-state index in [-0.39, 0.29) is 52.8 Å². The third kappa shape index (κ3) is 8.19. The lowest BCUT2D eigenvalue weighted by atomic mass is 9.27. The van der Waals surface area contributed by atoms with Crippen molar-refractivity contribution < 1.29 is 39.2 Å². The molecule has 6 N–H and O–H groups in total. The van der Waals surface area contributed by atoms with Gasteiger partial charge in [-0.05, 0) is 213 Å². The summed E-state index contributed by atoms with van der Waals surface area (Å²) >= 11 is 0. The average Bonchev–Trinajstić information content (AvgIpc) is 1.64. The number of H-pyrrole nitrogens is 2. The molecule has 1 aromatic carbocycles. The Bertz CT molecular complexity index is 3590. The van der Waals surface area contributed by atoms with Crippen molar-refractivity contribution in [1.82, 2.24) is 19.9 Å². The van der Waals surface area contributed by atoms with Crippen LogP contribution in [0.2, 0.25) is 0 Å². The van der Waals surface area contributed by atoms with E-state index in [4.69, 9.17) is 9.47 Å². The molecule has 480 valence electrons. The number of carbonyl (C=O) groups excluding carboxylic acids is 3. The van der Waals surface area contributed by atoms with Crippen molar-refractivity contribution in [3.05, 3.63) is 92.6 Å². The monoisotopic (exact) mass is 1210 g/mol. The molecule has 4 aromatic rings. The second kappa shape index (κ2) is 20.4. The number of nitrogens with zero attached hydrogens (tertiary/aromatic N) is 1. The molecule has 3 aliphatic heterocycles. The van der Waals surface area contributed by atoms with Crippen LogP contribution in [0.1, 0.15) is 259 Å². The molecule has 17 atom stereocenters. The summed E-state index contributed by atoms with van der Waals surface area (Å²) in [6, 6.07) is 7.26. The second-order valence-electron chi connectivity index (χ2n) is 34.1. The Kier molecular flexibility index (Phi) is 13.7. The van der Waals surface area contributed by atoms with Gasteiger partial charge in [-0.25, -0.2) is 0 Å². The Morgan fingerprint density at radius 3 is 2.37 bits per heavy atom. The van der Waals surface area contributed by atoms with Gasteiger partial charge < -0.3 is 44.6 Å². The van der Waals surface area contributed by atoms with E-state index in [1.807, 2.05) is 13.8 Å². The number of fused-ring (bicyclic) bond motifs is 10. The molecule has 12 nitrogen and oxygen atoms in total. The van der Waals surface area contributed by atoms with Gasteiger partial charge in [-0.1, -0.05) is 85.8 Å². The molecule has 6 heterocycles. The summed E-state index contributed by atoms with van der Waals surface area (Å²) in [6.07, 6.45) is 24.0. The third-order valence-electron chi connectivity index (χ3n) is 29.2. The number of Topliss-reactive ketones (excluding diaryl/α,β-unsaturated/α-hetero) is 3. The molecule has 0 amide bonds. The summed E-state index contributed by atoms with van der Waals surface area (Å²) in [5.41, 5.74) is 8.09. The predicted octanol–water partition coefficient (Wildman–Crippen LogP) is 13.6. The van der Waals surface area contributed by atoms with Crippen molar-refractivity contribution in [2.24, 2.45) is 62.1 Å². The minimum absolute atomic E-state index is 0.0548. The molecule has 2 bridgehead atoms. The number of carbonyl (C=O) groups is 3. The molecule has 12 heteroatoms. The van der Waals surface area contributed by atoms with Crippen molar-refractivity contribution in [2.75, 3.05) is 20.3 Å². The van der Waals surface area contributed by atoms with Gasteiger partial charge in [-0.2, -0.15) is 0 Å². The van der Waals surface area contributed by atoms with E-state index in [0.717, 1.165) is 133 Å². The number of aliphatic hydroxyl groups is 3. The Balaban J connectivity index is 0.911. The molecule has 16 rings (SSSR count). The minimum Gasteiger partial charge on any atom is -0.392 e. The maximum atomic E-state index is 16.5. The van der Waals surface area contributed by atoms with Crippen LogP contribution in [0.15, 0.2) is 47.9 Å². The van der Waals surface area contributed by atoms with Crippen molar-refractivity contribution in [3.8, 4) is 0 Å². The van der Waals surface area contributed by atoms with E-state index in [1.54, 1.807) is 0 Å². The lowest BCUT2D eigenvalue weighted by Gasteiger charge is -2.76. The van der Waals surface area contributed by atoms with Gasteiger partial charge in [0.25, 0.3) is 0 Å². The highest BCUT2D eigenvalue weighted by Gasteiger charge is 2.81. The van der Waals surface area contributed by atoms with Gasteiger partial charge in [-0.15, -0.1) is 0 Å². The Morgan fingerprint density at radius 1 is 0.854 bits per heavy atom. The zero-order valence-corrected chi connectivity index (χ0v) is 55.2. The quantitative estimate of drug-likeness (QED) is 0.0842. The molecule has 89 heavy (non-hydrogen) atoms. The van der Waals surface area contributed by atoms with Crippen LogP contribution < -0.4 is 5.32 Å². The first-order chi connectivity index (χ1) is 42.5. The van der Waals surface area contributed by atoms with Crippen LogP contribution in [0.25, 0.3) is 11.0 Å². The highest BCUT2D eigenvalue weighted by atomic mass is 16.6. The number of allylic oxidation sites excluding steroid dienone is 1. The van der Waals surface area contributed by atoms with E-state index in [9.17, 15) is 15.3 Å². The average molecular weight is 1210 g/mol. The largest absolute Gasteiger partial charge is 0.392 e. The lowest BCUT2D eigenvalue weighted by molar-refractivity contribution is -0.271. The number of epoxide rings is 1. The number of rotatable bonds is 10. The number of hydrogen-bond acceptors (Lipinski definition) is 9. The summed E-state index contributed by atoms with van der Waals surface area (Å²) in [7, 11) is 2.08. The first-order valence-corrected chi connectivity index (χ1v) is 35.9. The Morgan fingerprint density at radius 2 is 1.63 bits per heavy atom. The maximum absolute atomic E-state index is 16.5. The number of aliphatic hydroxyl groups excluding tert-OH is 2. The van der Waals surface area contributed by atoms with Crippen LogP contribution in [-0.4, -0.2) is 97.4 Å². The van der Waals surface area contributed by atoms with Gasteiger partial charge in [0.1, 0.15) is 17.7 Å². The summed E-state index contributed by atoms with van der Waals surface area (Å²) in [5, 5.41) is 44.2. The van der Waals surface area contributed by atoms with Gasteiger partial charge in [0.2, 0.25) is 0 Å². The normalized spacial score (nSPS) is 41.5. The molecule has 12 aliphatic rings. The molecule has 8 fully saturated rings. The first kappa shape index (κ1) is 59.8. The number of hydrogen-bond donors (Lipinski definition) is 6. The van der Waals surface area contributed by atoms with Crippen LogP contribution in [0, 0.1) is 62.1 Å². The number of aromatic amines is 2. The Labute approximate surface area is 528 Å². The second-order valence-corrected chi connectivity index (χ2v) is 34.1. The smallest absolute Gasteiger partial charge is 0.160 e.